The van der Waals surface area contributed by atoms with Crippen molar-refractivity contribution in [2.75, 3.05) is 39.6 Å². The number of phosphoric ester groups is 2. The fourth-order valence-corrected chi connectivity index (χ4v) is 14.4. The van der Waals surface area contributed by atoms with Crippen LogP contribution in [0.25, 0.3) is 0 Å². The molecule has 0 rings (SSSR count). The second-order valence-corrected chi connectivity index (χ2v) is 34.2. The maximum Gasteiger partial charge on any atom is 0.472 e. The van der Waals surface area contributed by atoms with Crippen LogP contribution in [0, 0.1) is 17.8 Å². The normalized spacial score (nSPS) is 13.9. The number of ether oxygens (including phenoxy) is 4. The Morgan fingerprint density at radius 2 is 0.451 bits per heavy atom. The van der Waals surface area contributed by atoms with Crippen LogP contribution in [0.2, 0.25) is 0 Å². The van der Waals surface area contributed by atoms with Crippen LogP contribution in [-0.4, -0.2) is 96.7 Å². The minimum Gasteiger partial charge on any atom is -0.462 e. The highest BCUT2D eigenvalue weighted by atomic mass is 31.2. The van der Waals surface area contributed by atoms with Crippen LogP contribution in [0.15, 0.2) is 0 Å². The molecule has 0 aromatic heterocycles. The number of aliphatic hydroxyl groups excluding tert-OH is 1. The number of aliphatic hydroxyl groups is 1. The summed E-state index contributed by atoms with van der Waals surface area (Å²) in [7, 11) is -9.92. The molecule has 0 heterocycles. The molecular weight excluding hydrogens is 1330 g/mol. The fourth-order valence-electron chi connectivity index (χ4n) is 12.8. The third kappa shape index (κ3) is 76.3. The third-order valence-corrected chi connectivity index (χ3v) is 21.3. The smallest absolute Gasteiger partial charge is 0.462 e. The lowest BCUT2D eigenvalue weighted by atomic mass is 10.0. The van der Waals surface area contributed by atoms with E-state index >= 15 is 0 Å². The van der Waals surface area contributed by atoms with Crippen LogP contribution in [0.5, 0.6) is 0 Å². The maximum absolute atomic E-state index is 13.1. The number of hydrogen-bond acceptors (Lipinski definition) is 15. The standard InChI is InChI=1S/C83H162O17P2/c1-8-9-10-11-12-13-14-15-16-17-18-19-23-26-29-32-35-43-50-57-64-80(85)93-70-78(99-82(87)66-59-52-44-36-33-30-27-24-21-20-22-25-28-31-34-40-47-54-61-74(2)3)72-97-101(89,90)95-68-77(84)69-96-102(91,92)98-73-79(71-94-81(86)65-58-51-46-39-42-49-56-63-76(6)7)100-83(88)67-60-53-45-38-37-41-48-55-62-75(4)5/h74-79,84H,8-73H2,1-7H3,(H,89,90)(H,91,92)/t77-,78-,79-/m1/s1. The Balaban J connectivity index is 5.19. The van der Waals surface area contributed by atoms with Crippen molar-refractivity contribution in [2.45, 2.75) is 452 Å². The molecule has 0 aromatic carbocycles. The van der Waals surface area contributed by atoms with Gasteiger partial charge in [0.25, 0.3) is 0 Å². The van der Waals surface area contributed by atoms with Gasteiger partial charge in [-0.15, -0.1) is 0 Å². The minimum absolute atomic E-state index is 0.104. The highest BCUT2D eigenvalue weighted by Gasteiger charge is 2.30. The van der Waals surface area contributed by atoms with E-state index in [0.717, 1.165) is 108 Å². The number of esters is 4. The summed E-state index contributed by atoms with van der Waals surface area (Å²) in [6.45, 7) is 11.9. The number of rotatable bonds is 81. The molecule has 5 atom stereocenters. The van der Waals surface area contributed by atoms with Crippen molar-refractivity contribution < 1.29 is 80.2 Å². The van der Waals surface area contributed by atoms with Crippen LogP contribution in [0.1, 0.15) is 434 Å². The Bertz CT molecular complexity index is 1970. The van der Waals surface area contributed by atoms with Crippen molar-refractivity contribution in [2.24, 2.45) is 17.8 Å². The molecule has 0 saturated carbocycles. The van der Waals surface area contributed by atoms with Gasteiger partial charge in [0.05, 0.1) is 26.4 Å². The largest absolute Gasteiger partial charge is 0.472 e. The first-order chi connectivity index (χ1) is 49.2. The topological polar surface area (TPSA) is 237 Å². The highest BCUT2D eigenvalue weighted by Crippen LogP contribution is 2.45. The SMILES string of the molecule is CCCCCCCCCCCCCCCCCCCCCCC(=O)OC[C@H](COP(=O)(O)OC[C@@H](O)COP(=O)(O)OC[C@@H](COC(=O)CCCCCCCCCC(C)C)OC(=O)CCCCCCCCCCC(C)C)OC(=O)CCCCCCCCCCCCCCCCCCCCC(C)C. The highest BCUT2D eigenvalue weighted by molar-refractivity contribution is 7.47. The summed E-state index contributed by atoms with van der Waals surface area (Å²) in [5, 5.41) is 10.6. The fraction of sp³-hybridized carbons (Fsp3) is 0.952. The van der Waals surface area contributed by atoms with Crippen molar-refractivity contribution in [3.8, 4) is 0 Å². The van der Waals surface area contributed by atoms with Gasteiger partial charge in [-0.2, -0.15) is 0 Å². The Hall–Kier alpha value is -1.94. The van der Waals surface area contributed by atoms with E-state index < -0.39 is 97.5 Å². The Morgan fingerprint density at radius 1 is 0.265 bits per heavy atom. The lowest BCUT2D eigenvalue weighted by molar-refractivity contribution is -0.161. The number of hydrogen-bond donors (Lipinski definition) is 3. The lowest BCUT2D eigenvalue weighted by Gasteiger charge is -2.21. The van der Waals surface area contributed by atoms with Crippen molar-refractivity contribution >= 4 is 39.5 Å². The van der Waals surface area contributed by atoms with Gasteiger partial charge in [0.1, 0.15) is 19.3 Å². The first-order valence-corrected chi connectivity index (χ1v) is 45.8. The van der Waals surface area contributed by atoms with Crippen LogP contribution >= 0.6 is 15.6 Å². The lowest BCUT2D eigenvalue weighted by Crippen LogP contribution is -2.30. The Kier molecular flexibility index (Phi) is 71.8. The zero-order valence-corrected chi connectivity index (χ0v) is 68.9. The van der Waals surface area contributed by atoms with Gasteiger partial charge in [-0.05, 0) is 43.4 Å². The molecule has 102 heavy (non-hydrogen) atoms. The van der Waals surface area contributed by atoms with Crippen molar-refractivity contribution in [3.63, 3.8) is 0 Å². The molecule has 0 spiro atoms. The van der Waals surface area contributed by atoms with Crippen molar-refractivity contribution in [1.29, 1.82) is 0 Å². The molecule has 0 saturated heterocycles. The Labute approximate surface area is 626 Å². The summed E-state index contributed by atoms with van der Waals surface area (Å²) in [5.41, 5.74) is 0. The first-order valence-electron chi connectivity index (χ1n) is 42.8. The summed E-state index contributed by atoms with van der Waals surface area (Å²) < 4.78 is 68.7. The molecule has 0 aromatic rings. The summed E-state index contributed by atoms with van der Waals surface area (Å²) >= 11 is 0. The van der Waals surface area contributed by atoms with E-state index in [0.29, 0.717) is 31.6 Å². The molecule has 19 heteroatoms. The predicted octanol–water partition coefficient (Wildman–Crippen LogP) is 24.9. The van der Waals surface area contributed by atoms with Gasteiger partial charge >= 0.3 is 39.5 Å². The molecule has 0 aliphatic rings. The minimum atomic E-state index is -4.96. The van der Waals surface area contributed by atoms with Crippen molar-refractivity contribution in [1.82, 2.24) is 0 Å². The zero-order chi connectivity index (χ0) is 75.1. The van der Waals surface area contributed by atoms with Crippen LogP contribution in [0.4, 0.5) is 0 Å². The Morgan fingerprint density at radius 3 is 0.667 bits per heavy atom. The summed E-state index contributed by atoms with van der Waals surface area (Å²) in [6.07, 6.45) is 62.8. The average Bonchev–Trinajstić information content (AvgIpc) is 0.980. The van der Waals surface area contributed by atoms with Gasteiger partial charge in [-0.3, -0.25) is 37.3 Å². The first kappa shape index (κ1) is 100. The molecule has 0 aliphatic heterocycles. The van der Waals surface area contributed by atoms with E-state index in [9.17, 15) is 43.2 Å². The quantitative estimate of drug-likeness (QED) is 0.0222. The van der Waals surface area contributed by atoms with Gasteiger partial charge < -0.3 is 33.8 Å². The monoisotopic (exact) mass is 1490 g/mol. The summed E-state index contributed by atoms with van der Waals surface area (Å²) in [5.74, 6) is 0.130. The molecule has 2 unspecified atom stereocenters. The van der Waals surface area contributed by atoms with E-state index in [1.165, 1.54) is 238 Å². The van der Waals surface area contributed by atoms with Gasteiger partial charge in [0, 0.05) is 25.7 Å². The molecule has 0 bridgehead atoms. The van der Waals surface area contributed by atoms with E-state index in [1.54, 1.807) is 0 Å². The van der Waals surface area contributed by atoms with Crippen molar-refractivity contribution in [3.05, 3.63) is 0 Å². The number of carbonyl (C=O) groups is 4. The molecule has 3 N–H and O–H groups in total. The summed E-state index contributed by atoms with van der Waals surface area (Å²) in [6, 6.07) is 0. The maximum atomic E-state index is 13.1. The van der Waals surface area contributed by atoms with Crippen LogP contribution in [-0.2, 0) is 65.4 Å². The van der Waals surface area contributed by atoms with Gasteiger partial charge in [0.15, 0.2) is 12.2 Å². The van der Waals surface area contributed by atoms with E-state index in [1.807, 2.05) is 0 Å². The van der Waals surface area contributed by atoms with Gasteiger partial charge in [-0.25, -0.2) is 9.13 Å². The molecule has 17 nitrogen and oxygen atoms in total. The second-order valence-electron chi connectivity index (χ2n) is 31.3. The van der Waals surface area contributed by atoms with Gasteiger partial charge in [-0.1, -0.05) is 382 Å². The number of carbonyl (C=O) groups excluding carboxylic acids is 4. The second kappa shape index (κ2) is 73.2. The summed E-state index contributed by atoms with van der Waals surface area (Å²) in [4.78, 5) is 73.0. The van der Waals surface area contributed by atoms with E-state index in [-0.39, 0.29) is 25.7 Å². The van der Waals surface area contributed by atoms with Crippen LogP contribution in [0.3, 0.4) is 0 Å². The predicted molar refractivity (Wildman–Crippen MR) is 418 cm³/mol. The zero-order valence-electron chi connectivity index (χ0n) is 67.1. The van der Waals surface area contributed by atoms with E-state index in [2.05, 4.69) is 48.5 Å². The van der Waals surface area contributed by atoms with Gasteiger partial charge in [0.2, 0.25) is 0 Å². The van der Waals surface area contributed by atoms with Crippen LogP contribution < -0.4 is 0 Å². The van der Waals surface area contributed by atoms with E-state index in [4.69, 9.17) is 37.0 Å². The molecule has 0 radical (unpaired) electrons. The molecule has 0 fully saturated rings. The number of unbranched alkanes of at least 4 members (excludes halogenated alkanes) is 49. The number of phosphoric acid groups is 2. The molecule has 606 valence electrons. The molecule has 0 amide bonds. The third-order valence-electron chi connectivity index (χ3n) is 19.4. The molecule has 0 aliphatic carbocycles. The average molecular weight is 1490 g/mol. The molecular formula is C83H162O17P2.